The Labute approximate surface area is 183 Å². The van der Waals surface area contributed by atoms with Crippen molar-refractivity contribution < 1.29 is 27.5 Å². The summed E-state index contributed by atoms with van der Waals surface area (Å²) in [4.78, 5) is 23.9. The summed E-state index contributed by atoms with van der Waals surface area (Å²) in [6.07, 6.45) is 1.76. The van der Waals surface area contributed by atoms with E-state index < -0.39 is 28.5 Å². The lowest BCUT2D eigenvalue weighted by Crippen LogP contribution is -2.29. The fourth-order valence-electron chi connectivity index (χ4n) is 2.77. The van der Waals surface area contributed by atoms with E-state index in [4.69, 9.17) is 9.47 Å². The molecule has 0 aromatic heterocycles. The number of carbonyl (C=O) groups excluding carboxylic acids is 2. The molecule has 0 atom stereocenters. The third-order valence-electron chi connectivity index (χ3n) is 4.52. The second kappa shape index (κ2) is 11.5. The summed E-state index contributed by atoms with van der Waals surface area (Å²) in [5.74, 6) is -1.10. The maximum Gasteiger partial charge on any atom is 0.338 e. The molecule has 1 amide bonds. The number of benzene rings is 2. The van der Waals surface area contributed by atoms with Gasteiger partial charge in [-0.05, 0) is 30.2 Å². The summed E-state index contributed by atoms with van der Waals surface area (Å²) in [6, 6.07) is 13.1. The summed E-state index contributed by atoms with van der Waals surface area (Å²) < 4.78 is 37.7. The van der Waals surface area contributed by atoms with Gasteiger partial charge in [-0.2, -0.15) is 4.31 Å². The van der Waals surface area contributed by atoms with Gasteiger partial charge in [0.25, 0.3) is 5.91 Å². The van der Waals surface area contributed by atoms with E-state index in [2.05, 4.69) is 5.32 Å². The van der Waals surface area contributed by atoms with Gasteiger partial charge >= 0.3 is 5.97 Å². The molecule has 0 heterocycles. The van der Waals surface area contributed by atoms with Gasteiger partial charge in [0.15, 0.2) is 6.61 Å². The number of hydrogen-bond donors (Lipinski definition) is 1. The van der Waals surface area contributed by atoms with E-state index in [0.717, 1.165) is 18.4 Å². The van der Waals surface area contributed by atoms with E-state index in [1.165, 1.54) is 36.7 Å². The third kappa shape index (κ3) is 6.80. The molecule has 2 aromatic carbocycles. The zero-order chi connectivity index (χ0) is 22.9. The average Bonchev–Trinajstić information content (AvgIpc) is 2.77. The van der Waals surface area contributed by atoms with Gasteiger partial charge in [-0.25, -0.2) is 13.2 Å². The van der Waals surface area contributed by atoms with E-state index in [0.29, 0.717) is 6.54 Å². The summed E-state index contributed by atoms with van der Waals surface area (Å²) >= 11 is 0. The molecule has 0 aliphatic carbocycles. The second-order valence-electron chi connectivity index (χ2n) is 6.89. The summed E-state index contributed by atoms with van der Waals surface area (Å²) in [5, 5.41) is 2.64. The van der Waals surface area contributed by atoms with Crippen LogP contribution in [0.4, 0.5) is 0 Å². The fraction of sp³-hybridized carbons (Fsp3) is 0.364. The number of amides is 1. The zero-order valence-corrected chi connectivity index (χ0v) is 18.8. The Morgan fingerprint density at radius 3 is 2.45 bits per heavy atom. The van der Waals surface area contributed by atoms with Crippen molar-refractivity contribution in [2.45, 2.75) is 31.2 Å². The Bertz CT molecular complexity index is 992. The van der Waals surface area contributed by atoms with Crippen LogP contribution >= 0.6 is 0 Å². The number of sulfonamides is 1. The molecule has 0 fully saturated rings. The second-order valence-corrected chi connectivity index (χ2v) is 8.91. The van der Waals surface area contributed by atoms with E-state index in [9.17, 15) is 18.0 Å². The van der Waals surface area contributed by atoms with Gasteiger partial charge in [-0.3, -0.25) is 4.79 Å². The number of methoxy groups -OCH3 is 1. The molecule has 9 heteroatoms. The number of nitrogens with one attached hydrogen (secondary N) is 1. The van der Waals surface area contributed by atoms with E-state index >= 15 is 0 Å². The van der Waals surface area contributed by atoms with Crippen LogP contribution in [0.1, 0.15) is 35.7 Å². The number of carbonyl (C=O) groups is 2. The topological polar surface area (TPSA) is 102 Å². The molecule has 2 aromatic rings. The van der Waals surface area contributed by atoms with Crippen molar-refractivity contribution >= 4 is 21.9 Å². The van der Waals surface area contributed by atoms with Crippen LogP contribution in [0.3, 0.4) is 0 Å². The van der Waals surface area contributed by atoms with Crippen LogP contribution in [0.2, 0.25) is 0 Å². The highest BCUT2D eigenvalue weighted by Gasteiger charge is 2.26. The standard InChI is InChI=1S/C22H28N2O6S/c1-4-5-13-23-21(25)16-30-22(26)18-11-12-19(29-3)20(14-18)31(27,28)24(2)15-17-9-7-6-8-10-17/h6-12,14H,4-5,13,15-16H2,1-3H3,(H,23,25). The molecule has 8 nitrogen and oxygen atoms in total. The van der Waals surface area contributed by atoms with Crippen LogP contribution in [-0.2, 0) is 26.1 Å². The quantitative estimate of drug-likeness (QED) is 0.419. The molecule has 1 N–H and O–H groups in total. The van der Waals surface area contributed by atoms with Gasteiger partial charge < -0.3 is 14.8 Å². The number of hydrogen-bond acceptors (Lipinski definition) is 6. The highest BCUT2D eigenvalue weighted by Crippen LogP contribution is 2.28. The minimum absolute atomic E-state index is 0.00819. The molecule has 0 aliphatic rings. The molecule has 0 aliphatic heterocycles. The van der Waals surface area contributed by atoms with Crippen molar-refractivity contribution in [2.24, 2.45) is 0 Å². The molecule has 0 unspecified atom stereocenters. The Balaban J connectivity index is 2.17. The maximum atomic E-state index is 13.1. The molecular formula is C22H28N2O6S. The number of ether oxygens (including phenoxy) is 2. The number of rotatable bonds is 11. The van der Waals surface area contributed by atoms with E-state index in [-0.39, 0.29) is 22.8 Å². The van der Waals surface area contributed by atoms with Crippen molar-refractivity contribution in [1.29, 1.82) is 0 Å². The monoisotopic (exact) mass is 448 g/mol. The third-order valence-corrected chi connectivity index (χ3v) is 6.35. The summed E-state index contributed by atoms with van der Waals surface area (Å²) in [7, 11) is -1.16. The fourth-order valence-corrected chi connectivity index (χ4v) is 4.11. The predicted octanol–water partition coefficient (Wildman–Crippen LogP) is 2.59. The van der Waals surface area contributed by atoms with Crippen LogP contribution < -0.4 is 10.1 Å². The first-order valence-electron chi connectivity index (χ1n) is 9.91. The van der Waals surface area contributed by atoms with Crippen molar-refractivity contribution in [3.8, 4) is 5.75 Å². The van der Waals surface area contributed by atoms with E-state index in [1.54, 1.807) is 0 Å². The first-order chi connectivity index (χ1) is 14.8. The van der Waals surface area contributed by atoms with Crippen molar-refractivity contribution in [1.82, 2.24) is 9.62 Å². The summed E-state index contributed by atoms with van der Waals surface area (Å²) in [5.41, 5.74) is 0.825. The normalized spacial score (nSPS) is 11.2. The van der Waals surface area contributed by atoms with Crippen LogP contribution in [0, 0.1) is 0 Å². The minimum Gasteiger partial charge on any atom is -0.495 e. The lowest BCUT2D eigenvalue weighted by molar-refractivity contribution is -0.124. The summed E-state index contributed by atoms with van der Waals surface area (Å²) in [6.45, 7) is 2.22. The molecule has 0 bridgehead atoms. The Kier molecular flexibility index (Phi) is 9.02. The van der Waals surface area contributed by atoms with E-state index in [1.807, 2.05) is 37.3 Å². The van der Waals surface area contributed by atoms with Crippen LogP contribution in [0.15, 0.2) is 53.4 Å². The van der Waals surface area contributed by atoms with Crippen LogP contribution in [0.5, 0.6) is 5.75 Å². The largest absolute Gasteiger partial charge is 0.495 e. The molecule has 0 saturated carbocycles. The number of nitrogens with zero attached hydrogens (tertiary/aromatic N) is 1. The predicted molar refractivity (Wildman–Crippen MR) is 116 cm³/mol. The minimum atomic E-state index is -3.96. The molecule has 31 heavy (non-hydrogen) atoms. The Morgan fingerprint density at radius 1 is 1.10 bits per heavy atom. The lowest BCUT2D eigenvalue weighted by atomic mass is 10.2. The van der Waals surface area contributed by atoms with Gasteiger partial charge in [-0.1, -0.05) is 43.7 Å². The smallest absolute Gasteiger partial charge is 0.338 e. The van der Waals surface area contributed by atoms with Gasteiger partial charge in [0.1, 0.15) is 10.6 Å². The molecule has 2 rings (SSSR count). The first kappa shape index (κ1) is 24.4. The molecule has 0 spiro atoms. The van der Waals surface area contributed by atoms with Crippen LogP contribution in [-0.4, -0.2) is 51.9 Å². The van der Waals surface area contributed by atoms with Crippen LogP contribution in [0.25, 0.3) is 0 Å². The Hall–Kier alpha value is -2.91. The highest BCUT2D eigenvalue weighted by molar-refractivity contribution is 7.89. The zero-order valence-electron chi connectivity index (χ0n) is 18.0. The van der Waals surface area contributed by atoms with Crippen molar-refractivity contribution in [3.63, 3.8) is 0 Å². The van der Waals surface area contributed by atoms with Gasteiger partial charge in [0.2, 0.25) is 10.0 Å². The molecule has 0 saturated heterocycles. The van der Waals surface area contributed by atoms with Crippen molar-refractivity contribution in [3.05, 3.63) is 59.7 Å². The molecular weight excluding hydrogens is 420 g/mol. The maximum absolute atomic E-state index is 13.1. The first-order valence-corrected chi connectivity index (χ1v) is 11.4. The van der Waals surface area contributed by atoms with Gasteiger partial charge in [-0.15, -0.1) is 0 Å². The van der Waals surface area contributed by atoms with Gasteiger partial charge in [0, 0.05) is 20.1 Å². The number of esters is 1. The van der Waals surface area contributed by atoms with Gasteiger partial charge in [0.05, 0.1) is 12.7 Å². The average molecular weight is 449 g/mol. The number of unbranched alkanes of at least 4 members (excludes halogenated alkanes) is 1. The van der Waals surface area contributed by atoms with Crippen molar-refractivity contribution in [2.75, 3.05) is 27.3 Å². The highest BCUT2D eigenvalue weighted by atomic mass is 32.2. The SMILES string of the molecule is CCCCNC(=O)COC(=O)c1ccc(OC)c(S(=O)(=O)N(C)Cc2ccccc2)c1. The molecule has 0 radical (unpaired) electrons. The Morgan fingerprint density at radius 2 is 1.81 bits per heavy atom. The lowest BCUT2D eigenvalue weighted by Gasteiger charge is -2.19. The molecule has 168 valence electrons.